The molecular weight excluding hydrogens is 118 g/mol. The molecule has 3 nitrogen and oxygen atoms in total. The van der Waals surface area contributed by atoms with Gasteiger partial charge in [0.2, 0.25) is 0 Å². The Kier molecular flexibility index (Phi) is 4.67. The summed E-state index contributed by atoms with van der Waals surface area (Å²) in [6.45, 7) is 2.94. The molecule has 9 heavy (non-hydrogen) atoms. The van der Waals surface area contributed by atoms with E-state index < -0.39 is 12.7 Å². The van der Waals surface area contributed by atoms with Crippen molar-refractivity contribution in [3.8, 4) is 0 Å². The van der Waals surface area contributed by atoms with Gasteiger partial charge in [-0.15, -0.1) is 0 Å². The number of aliphatic hydroxyl groups excluding tert-OH is 1. The molecule has 55 valence electrons. The quantitative estimate of drug-likeness (QED) is 0.572. The van der Waals surface area contributed by atoms with Crippen LogP contribution in [0.4, 0.5) is 0 Å². The molecule has 0 amide bonds. The Morgan fingerprint density at radius 3 is 2.56 bits per heavy atom. The molecule has 0 bridgehead atoms. The molecule has 0 fully saturated rings. The van der Waals surface area contributed by atoms with Gasteiger partial charge in [-0.05, 0) is 13.6 Å². The van der Waals surface area contributed by atoms with Crippen LogP contribution in [0.25, 0.3) is 0 Å². The van der Waals surface area contributed by atoms with Crippen molar-refractivity contribution in [2.24, 2.45) is 0 Å². The lowest BCUT2D eigenvalue weighted by molar-refractivity contribution is 0.0359. The third-order valence-corrected chi connectivity index (χ3v) is 1.25. The van der Waals surface area contributed by atoms with E-state index in [1.807, 2.05) is 18.9 Å². The van der Waals surface area contributed by atoms with Gasteiger partial charge in [-0.3, -0.25) is 0 Å². The monoisotopic (exact) mass is 132 g/mol. The van der Waals surface area contributed by atoms with Crippen LogP contribution in [-0.4, -0.2) is 42.9 Å². The van der Waals surface area contributed by atoms with Gasteiger partial charge in [0.15, 0.2) is 0 Å². The molecule has 0 saturated heterocycles. The fourth-order valence-corrected chi connectivity index (χ4v) is 0.542. The second kappa shape index (κ2) is 4.73. The summed E-state index contributed by atoms with van der Waals surface area (Å²) in [7, 11) is 1.87. The lowest BCUT2D eigenvalue weighted by Crippen LogP contribution is -2.30. The first-order valence-corrected chi connectivity index (χ1v) is 3.15. The van der Waals surface area contributed by atoms with Crippen molar-refractivity contribution >= 4 is 0 Å². The van der Waals surface area contributed by atoms with Crippen LogP contribution in [0, 0.1) is 0 Å². The van der Waals surface area contributed by atoms with Crippen molar-refractivity contribution in [1.29, 1.82) is 0 Å². The van der Waals surface area contributed by atoms with Gasteiger partial charge < -0.3 is 10.0 Å². The lowest BCUT2D eigenvalue weighted by Gasteiger charge is -2.15. The van der Waals surface area contributed by atoms with Gasteiger partial charge in [-0.2, -0.15) is 0 Å². The fraction of sp³-hybridized carbons (Fsp3) is 1.00. The topological polar surface area (TPSA) is 43.4 Å². The molecule has 0 aliphatic heterocycles. The smallest absolute Gasteiger partial charge is 0.109 e. The first kappa shape index (κ1) is 8.88. The van der Waals surface area contributed by atoms with Crippen molar-refractivity contribution in [1.82, 2.24) is 4.90 Å². The number of aliphatic hydroxyl groups is 1. The van der Waals surface area contributed by atoms with Crippen LogP contribution < -0.4 is 0 Å². The Hall–Kier alpha value is -0.120. The summed E-state index contributed by atoms with van der Waals surface area (Å²) in [6.07, 6.45) is -0.699. The highest BCUT2D eigenvalue weighted by Crippen LogP contribution is 1.86. The third kappa shape index (κ3) is 4.39. The molecule has 0 aromatic heterocycles. The van der Waals surface area contributed by atoms with E-state index in [-0.39, 0.29) is 0 Å². The minimum Gasteiger partial charge on any atom is -0.389 e. The molecule has 1 atom stereocenters. The van der Waals surface area contributed by atoms with E-state index >= 15 is 0 Å². The predicted octanol–water partition coefficient (Wildman–Crippen LogP) is -0.271. The molecule has 0 aliphatic rings. The maximum Gasteiger partial charge on any atom is 0.109 e. The van der Waals surface area contributed by atoms with Gasteiger partial charge in [0, 0.05) is 6.54 Å². The van der Waals surface area contributed by atoms with Crippen LogP contribution in [-0.2, 0) is 5.11 Å². The molecule has 1 radical (unpaired) electrons. The number of hydrogen-bond donors (Lipinski definition) is 1. The molecule has 0 rings (SSSR count). The molecule has 0 aromatic rings. The lowest BCUT2D eigenvalue weighted by atomic mass is 10.3. The van der Waals surface area contributed by atoms with Crippen molar-refractivity contribution < 1.29 is 10.2 Å². The number of likely N-dealkylation sites (N-methyl/N-ethyl adjacent to an activating group) is 1. The Morgan fingerprint density at radius 2 is 2.22 bits per heavy atom. The van der Waals surface area contributed by atoms with Crippen LogP contribution in [0.5, 0.6) is 0 Å². The van der Waals surface area contributed by atoms with Gasteiger partial charge in [-0.1, -0.05) is 6.92 Å². The Labute approximate surface area is 55.9 Å². The largest absolute Gasteiger partial charge is 0.389 e. The highest BCUT2D eigenvalue weighted by Gasteiger charge is 2.04. The minimum atomic E-state index is -0.699. The average Bonchev–Trinajstić information content (AvgIpc) is 1.87. The number of rotatable bonds is 4. The van der Waals surface area contributed by atoms with Crippen molar-refractivity contribution in [3.63, 3.8) is 0 Å². The summed E-state index contributed by atoms with van der Waals surface area (Å²) in [4.78, 5) is 1.91. The molecule has 0 spiro atoms. The molecule has 1 unspecified atom stereocenters. The fourth-order valence-electron chi connectivity index (χ4n) is 0.542. The van der Waals surface area contributed by atoms with Crippen molar-refractivity contribution in [2.45, 2.75) is 13.0 Å². The van der Waals surface area contributed by atoms with E-state index in [2.05, 4.69) is 0 Å². The van der Waals surface area contributed by atoms with Crippen LogP contribution >= 0.6 is 0 Å². The average molecular weight is 132 g/mol. The molecule has 0 aliphatic carbocycles. The Morgan fingerprint density at radius 1 is 1.67 bits per heavy atom. The van der Waals surface area contributed by atoms with Crippen molar-refractivity contribution in [2.75, 3.05) is 26.7 Å². The molecule has 0 aromatic carbocycles. The second-order valence-electron chi connectivity index (χ2n) is 2.18. The van der Waals surface area contributed by atoms with Gasteiger partial charge in [0.1, 0.15) is 6.61 Å². The molecule has 0 heterocycles. The molecule has 3 heteroatoms. The van der Waals surface area contributed by atoms with Gasteiger partial charge in [0.05, 0.1) is 6.10 Å². The third-order valence-electron chi connectivity index (χ3n) is 1.25. The zero-order chi connectivity index (χ0) is 7.28. The van der Waals surface area contributed by atoms with E-state index in [0.29, 0.717) is 6.54 Å². The maximum atomic E-state index is 10.0. The van der Waals surface area contributed by atoms with Gasteiger partial charge in [0.25, 0.3) is 0 Å². The number of nitrogens with zero attached hydrogens (tertiary/aromatic N) is 1. The zero-order valence-electron chi connectivity index (χ0n) is 6.00. The molecular formula is C6H14NO2. The summed E-state index contributed by atoms with van der Waals surface area (Å²) in [6, 6.07) is 0. The van der Waals surface area contributed by atoms with Crippen LogP contribution in [0.2, 0.25) is 0 Å². The van der Waals surface area contributed by atoms with Gasteiger partial charge in [-0.25, -0.2) is 5.11 Å². The maximum absolute atomic E-state index is 10.0. The summed E-state index contributed by atoms with van der Waals surface area (Å²) in [5.41, 5.74) is 0. The molecule has 1 N–H and O–H groups in total. The van der Waals surface area contributed by atoms with E-state index in [0.717, 1.165) is 6.54 Å². The summed E-state index contributed by atoms with van der Waals surface area (Å²) >= 11 is 0. The Balaban J connectivity index is 3.22. The Bertz CT molecular complexity index is 60.1. The first-order valence-electron chi connectivity index (χ1n) is 3.15. The zero-order valence-corrected chi connectivity index (χ0v) is 6.00. The standard InChI is InChI=1S/C6H14NO2/c1-3-7(2)4-6(9)5-8/h6,9H,3-5H2,1-2H3. The predicted molar refractivity (Wildman–Crippen MR) is 34.7 cm³/mol. The molecule has 0 saturated carbocycles. The van der Waals surface area contributed by atoms with E-state index in [1.165, 1.54) is 0 Å². The number of hydrogen-bond acceptors (Lipinski definition) is 2. The second-order valence-corrected chi connectivity index (χ2v) is 2.18. The van der Waals surface area contributed by atoms with Crippen LogP contribution in [0.3, 0.4) is 0 Å². The highest BCUT2D eigenvalue weighted by molar-refractivity contribution is 4.56. The van der Waals surface area contributed by atoms with E-state index in [4.69, 9.17) is 5.11 Å². The van der Waals surface area contributed by atoms with Crippen molar-refractivity contribution in [3.05, 3.63) is 0 Å². The van der Waals surface area contributed by atoms with Crippen LogP contribution in [0.15, 0.2) is 0 Å². The van der Waals surface area contributed by atoms with Gasteiger partial charge >= 0.3 is 0 Å². The SMILES string of the molecule is CCN(C)CC(O)C[O]. The summed E-state index contributed by atoms with van der Waals surface area (Å²) in [5, 5.41) is 18.8. The van der Waals surface area contributed by atoms with E-state index in [1.54, 1.807) is 0 Å². The highest BCUT2D eigenvalue weighted by atomic mass is 16.3. The van der Waals surface area contributed by atoms with E-state index in [9.17, 15) is 5.11 Å². The minimum absolute atomic E-state index is 0.398. The first-order chi connectivity index (χ1) is 4.20. The van der Waals surface area contributed by atoms with Crippen LogP contribution in [0.1, 0.15) is 6.92 Å². The summed E-state index contributed by atoms with van der Waals surface area (Å²) in [5.74, 6) is 0. The normalized spacial score (nSPS) is 14.3. The summed E-state index contributed by atoms with van der Waals surface area (Å²) < 4.78 is 0.